The lowest BCUT2D eigenvalue weighted by Gasteiger charge is -2.14. The van der Waals surface area contributed by atoms with Crippen LogP contribution in [-0.2, 0) is 12.8 Å². The number of benzene rings is 2. The van der Waals surface area contributed by atoms with E-state index >= 15 is 0 Å². The summed E-state index contributed by atoms with van der Waals surface area (Å²) in [5.74, 6) is 0.238. The highest BCUT2D eigenvalue weighted by atomic mass is 32.1. The molecule has 8 heteroatoms. The van der Waals surface area contributed by atoms with Gasteiger partial charge in [0.2, 0.25) is 0 Å². The van der Waals surface area contributed by atoms with Crippen LogP contribution in [0.4, 0.5) is 0 Å². The summed E-state index contributed by atoms with van der Waals surface area (Å²) in [6, 6.07) is 14.7. The fourth-order valence-electron chi connectivity index (χ4n) is 3.28. The standard InChI is InChI=1S/C22H23N3OS3Si/c1-2-3-5-18-7-9-19(10-8-18)22-12-11-21(26)14-20(22)6-4-13-30(23-15-27,24-16-28)25-17-29/h7-12,14,26H,2-6,13H2,1H3. The zero-order chi connectivity index (χ0) is 21.8. The molecule has 0 aromatic heterocycles. The molecular formula is C22H23N3OS3Si. The monoisotopic (exact) mass is 469 g/mol. The first-order chi connectivity index (χ1) is 14.6. The number of nitrogens with zero attached hydrogens (tertiary/aromatic N) is 3. The fraction of sp³-hybridized carbons (Fsp3) is 0.318. The second-order valence-corrected chi connectivity index (χ2v) is 10.1. The summed E-state index contributed by atoms with van der Waals surface area (Å²) in [6.45, 7) is 2.20. The average molecular weight is 470 g/mol. The number of hydrogen-bond donors (Lipinski definition) is 1. The molecule has 0 radical (unpaired) electrons. The van der Waals surface area contributed by atoms with Crippen LogP contribution in [0.25, 0.3) is 11.1 Å². The minimum absolute atomic E-state index is 0.238. The van der Waals surface area contributed by atoms with E-state index in [-0.39, 0.29) is 5.75 Å². The predicted octanol–water partition coefficient (Wildman–Crippen LogP) is 6.58. The Morgan fingerprint density at radius 1 is 0.867 bits per heavy atom. The molecular weight excluding hydrogens is 447 g/mol. The first kappa shape index (κ1) is 24.1. The van der Waals surface area contributed by atoms with Gasteiger partial charge >= 0.3 is 8.56 Å². The van der Waals surface area contributed by atoms with Gasteiger partial charge in [0.05, 0.1) is 15.5 Å². The Kier molecular flexibility index (Phi) is 10.1. The lowest BCUT2D eigenvalue weighted by Crippen LogP contribution is -2.27. The maximum Gasteiger partial charge on any atom is 0.461 e. The van der Waals surface area contributed by atoms with Crippen molar-refractivity contribution in [1.82, 2.24) is 0 Å². The molecule has 0 fully saturated rings. The van der Waals surface area contributed by atoms with Crippen LogP contribution in [-0.4, -0.2) is 29.1 Å². The molecule has 4 nitrogen and oxygen atoms in total. The Morgan fingerprint density at radius 3 is 2.07 bits per heavy atom. The largest absolute Gasteiger partial charge is 0.508 e. The molecule has 0 heterocycles. The smallest absolute Gasteiger partial charge is 0.461 e. The van der Waals surface area contributed by atoms with Crippen molar-refractivity contribution in [2.24, 2.45) is 14.0 Å². The molecule has 0 aliphatic rings. The maximum atomic E-state index is 10.0. The van der Waals surface area contributed by atoms with Crippen LogP contribution in [0.2, 0.25) is 6.04 Å². The Hall–Kier alpha value is -2.14. The molecule has 0 amide bonds. The molecule has 30 heavy (non-hydrogen) atoms. The molecule has 2 aromatic rings. The van der Waals surface area contributed by atoms with Gasteiger partial charge in [0.15, 0.2) is 0 Å². The van der Waals surface area contributed by atoms with E-state index in [1.165, 1.54) is 18.4 Å². The summed E-state index contributed by atoms with van der Waals surface area (Å²) in [7, 11) is -2.91. The number of unbranched alkanes of at least 4 members (excludes halogenated alkanes) is 1. The molecule has 154 valence electrons. The van der Waals surface area contributed by atoms with Gasteiger partial charge in [-0.2, -0.15) is 0 Å². The highest BCUT2D eigenvalue weighted by molar-refractivity contribution is 7.78. The van der Waals surface area contributed by atoms with Crippen LogP contribution in [0, 0.1) is 0 Å². The topological polar surface area (TPSA) is 57.3 Å². The minimum Gasteiger partial charge on any atom is -0.508 e. The highest BCUT2D eigenvalue weighted by Gasteiger charge is 2.33. The van der Waals surface area contributed by atoms with E-state index in [4.69, 9.17) is 36.7 Å². The van der Waals surface area contributed by atoms with E-state index in [9.17, 15) is 5.11 Å². The van der Waals surface area contributed by atoms with Crippen LogP contribution in [0.3, 0.4) is 0 Å². The van der Waals surface area contributed by atoms with Gasteiger partial charge in [-0.15, -0.1) is 0 Å². The summed E-state index contributed by atoms with van der Waals surface area (Å²) >= 11 is 14.3. The van der Waals surface area contributed by atoms with Crippen molar-refractivity contribution in [1.29, 1.82) is 0 Å². The minimum atomic E-state index is -2.91. The van der Waals surface area contributed by atoms with Gasteiger partial charge in [-0.3, -0.25) is 0 Å². The number of aromatic hydroxyl groups is 1. The van der Waals surface area contributed by atoms with Gasteiger partial charge in [0, 0.05) is 6.04 Å². The van der Waals surface area contributed by atoms with E-state index in [1.807, 2.05) is 6.07 Å². The lowest BCUT2D eigenvalue weighted by atomic mass is 9.95. The second kappa shape index (κ2) is 12.5. The highest BCUT2D eigenvalue weighted by Crippen LogP contribution is 2.30. The van der Waals surface area contributed by atoms with E-state index in [0.717, 1.165) is 29.5 Å². The number of phenols is 1. The first-order valence-corrected chi connectivity index (χ1v) is 13.0. The SMILES string of the molecule is CCCCc1ccc(-c2ccc(O)cc2CCC[Si](N=C=S)(N=C=S)N=C=S)cc1. The molecule has 0 aliphatic heterocycles. The van der Waals surface area contributed by atoms with E-state index < -0.39 is 8.56 Å². The summed E-state index contributed by atoms with van der Waals surface area (Å²) in [5.41, 5.74) is 4.60. The van der Waals surface area contributed by atoms with Crippen LogP contribution >= 0.6 is 36.7 Å². The Balaban J connectivity index is 2.24. The summed E-state index contributed by atoms with van der Waals surface area (Å²) in [4.78, 5) is 0. The molecule has 1 N–H and O–H groups in total. The number of hydrogen-bond acceptors (Lipinski definition) is 7. The van der Waals surface area contributed by atoms with Crippen molar-refractivity contribution in [2.75, 3.05) is 0 Å². The van der Waals surface area contributed by atoms with Gasteiger partial charge in [-0.1, -0.05) is 43.7 Å². The van der Waals surface area contributed by atoms with Crippen LogP contribution < -0.4 is 0 Å². The zero-order valence-corrected chi connectivity index (χ0v) is 20.2. The lowest BCUT2D eigenvalue weighted by molar-refractivity contribution is 0.474. The van der Waals surface area contributed by atoms with E-state index in [2.05, 4.69) is 60.6 Å². The van der Waals surface area contributed by atoms with Crippen molar-refractivity contribution >= 4 is 60.7 Å². The number of thiocarbonyl (C=S) groups is 3. The van der Waals surface area contributed by atoms with Crippen molar-refractivity contribution in [3.63, 3.8) is 0 Å². The van der Waals surface area contributed by atoms with Crippen LogP contribution in [0.15, 0.2) is 56.4 Å². The molecule has 0 aliphatic carbocycles. The van der Waals surface area contributed by atoms with Crippen LogP contribution in [0.5, 0.6) is 5.75 Å². The molecule has 0 atom stereocenters. The fourth-order valence-corrected chi connectivity index (χ4v) is 6.17. The summed E-state index contributed by atoms with van der Waals surface area (Å²) < 4.78 is 12.5. The molecule has 0 saturated heterocycles. The molecule has 0 spiro atoms. The predicted molar refractivity (Wildman–Crippen MR) is 136 cm³/mol. The Morgan fingerprint density at radius 2 is 1.50 bits per heavy atom. The second-order valence-electron chi connectivity index (χ2n) is 6.88. The molecule has 0 saturated carbocycles. The van der Waals surface area contributed by atoms with Gasteiger partial charge in [0.25, 0.3) is 0 Å². The van der Waals surface area contributed by atoms with Crippen molar-refractivity contribution in [3.8, 4) is 16.9 Å². The molecule has 2 rings (SSSR count). The average Bonchev–Trinajstić information content (AvgIpc) is 2.73. The van der Waals surface area contributed by atoms with E-state index in [0.29, 0.717) is 12.5 Å². The maximum absolute atomic E-state index is 10.0. The van der Waals surface area contributed by atoms with Gasteiger partial charge in [-0.25, -0.2) is 14.0 Å². The normalized spacial score (nSPS) is 12.0. The zero-order valence-electron chi connectivity index (χ0n) is 16.8. The van der Waals surface area contributed by atoms with Gasteiger partial charge in [-0.05, 0) is 96.7 Å². The number of aryl methyl sites for hydroxylation is 2. The van der Waals surface area contributed by atoms with Crippen molar-refractivity contribution < 1.29 is 5.11 Å². The first-order valence-electron chi connectivity index (χ1n) is 9.75. The molecule has 0 unspecified atom stereocenters. The number of phenolic OH excluding ortho intramolecular Hbond substituents is 1. The van der Waals surface area contributed by atoms with Crippen LogP contribution in [0.1, 0.15) is 37.3 Å². The summed E-state index contributed by atoms with van der Waals surface area (Å²) in [5, 5.41) is 17.1. The van der Waals surface area contributed by atoms with Gasteiger partial charge in [0.1, 0.15) is 5.75 Å². The number of rotatable bonds is 11. The number of isothiocyanates is 3. The quantitative estimate of drug-likeness (QED) is 0.229. The third-order valence-corrected chi connectivity index (χ3v) is 8.00. The Bertz CT molecular complexity index is 961. The Labute approximate surface area is 194 Å². The molecule has 0 bridgehead atoms. The third kappa shape index (κ3) is 6.98. The third-order valence-electron chi connectivity index (χ3n) is 4.81. The van der Waals surface area contributed by atoms with Crippen molar-refractivity contribution in [3.05, 3.63) is 53.6 Å². The van der Waals surface area contributed by atoms with Gasteiger partial charge < -0.3 is 5.11 Å². The van der Waals surface area contributed by atoms with E-state index in [1.54, 1.807) is 12.1 Å². The molecule has 2 aromatic carbocycles. The summed E-state index contributed by atoms with van der Waals surface area (Å²) in [6.07, 6.45) is 4.89. The van der Waals surface area contributed by atoms with Crippen molar-refractivity contribution in [2.45, 2.75) is 45.1 Å².